The van der Waals surface area contributed by atoms with Crippen molar-refractivity contribution in [1.29, 1.82) is 0 Å². The van der Waals surface area contributed by atoms with Gasteiger partial charge in [-0.3, -0.25) is 9.89 Å². The Morgan fingerprint density at radius 2 is 1.90 bits per heavy atom. The molecule has 3 heterocycles. The molecule has 1 aliphatic rings. The number of hydrogen-bond acceptors (Lipinski definition) is 4. The molecular weight excluding hydrogens is 402 g/mol. The molecule has 0 aliphatic carbocycles. The number of amides is 1. The molecule has 0 bridgehead atoms. The second-order valence-corrected chi connectivity index (χ2v) is 7.43. The molecule has 0 radical (unpaired) electrons. The van der Waals surface area contributed by atoms with E-state index in [0.717, 1.165) is 22.4 Å². The minimum absolute atomic E-state index is 0.0454. The van der Waals surface area contributed by atoms with Crippen LogP contribution < -0.4 is 9.64 Å². The first kappa shape index (κ1) is 18.4. The Balaban J connectivity index is 1.47. The quantitative estimate of drug-likeness (QED) is 0.536. The number of carbonyl (C=O) groups is 1. The van der Waals surface area contributed by atoms with Gasteiger partial charge in [0.1, 0.15) is 17.8 Å². The molecule has 1 aliphatic heterocycles. The first-order chi connectivity index (χ1) is 14.6. The molecule has 0 spiro atoms. The van der Waals surface area contributed by atoms with Crippen molar-refractivity contribution >= 4 is 23.2 Å². The van der Waals surface area contributed by atoms with Crippen LogP contribution in [0.5, 0.6) is 5.75 Å². The average Bonchev–Trinajstić information content (AvgIpc) is 3.45. The number of nitrogens with one attached hydrogen (secondary N) is 1. The van der Waals surface area contributed by atoms with Gasteiger partial charge in [-0.1, -0.05) is 23.7 Å². The van der Waals surface area contributed by atoms with Crippen LogP contribution in [0.25, 0.3) is 22.5 Å². The number of methoxy groups -OCH3 is 1. The van der Waals surface area contributed by atoms with Crippen LogP contribution in [-0.4, -0.2) is 39.3 Å². The summed E-state index contributed by atoms with van der Waals surface area (Å²) in [5, 5.41) is 7.41. The number of halogens is 1. The van der Waals surface area contributed by atoms with E-state index in [1.54, 1.807) is 12.0 Å². The third-order valence-corrected chi connectivity index (χ3v) is 5.52. The zero-order valence-corrected chi connectivity index (χ0v) is 16.9. The maximum absolute atomic E-state index is 13.2. The summed E-state index contributed by atoms with van der Waals surface area (Å²) in [6.07, 6.45) is 3.46. The largest absolute Gasteiger partial charge is 0.496 e. The van der Waals surface area contributed by atoms with E-state index >= 15 is 0 Å². The zero-order chi connectivity index (χ0) is 20.7. The third-order valence-electron chi connectivity index (χ3n) is 5.27. The second-order valence-electron chi connectivity index (χ2n) is 6.99. The number of carbonyl (C=O) groups excluding carboxylic acids is 1. The summed E-state index contributed by atoms with van der Waals surface area (Å²) >= 11 is 5.99. The van der Waals surface area contributed by atoms with E-state index < -0.39 is 0 Å². The Labute approximate surface area is 177 Å². The van der Waals surface area contributed by atoms with Crippen LogP contribution in [0.2, 0.25) is 5.02 Å². The number of H-pyrrole nitrogens is 1. The Morgan fingerprint density at radius 1 is 1.07 bits per heavy atom. The lowest BCUT2D eigenvalue weighted by Crippen LogP contribution is -2.39. The fourth-order valence-corrected chi connectivity index (χ4v) is 3.87. The zero-order valence-electron chi connectivity index (χ0n) is 16.2. The van der Waals surface area contributed by atoms with Crippen molar-refractivity contribution in [3.05, 3.63) is 71.8 Å². The molecular formula is C22H18ClN5O2. The molecule has 0 unspecified atom stereocenters. The SMILES string of the molecule is COc1cc(N2CCn3cc(-c4ccc(Cl)cc4)cc3C2=O)ccc1-c1ncn[nH]1. The minimum Gasteiger partial charge on any atom is -0.496 e. The third kappa shape index (κ3) is 3.13. The Morgan fingerprint density at radius 3 is 2.63 bits per heavy atom. The second kappa shape index (κ2) is 7.35. The van der Waals surface area contributed by atoms with Crippen molar-refractivity contribution in [3.63, 3.8) is 0 Å². The van der Waals surface area contributed by atoms with E-state index in [4.69, 9.17) is 16.3 Å². The molecule has 0 saturated heterocycles. The van der Waals surface area contributed by atoms with Gasteiger partial charge in [0.25, 0.3) is 5.91 Å². The average molecular weight is 420 g/mol. The van der Waals surface area contributed by atoms with E-state index in [0.29, 0.717) is 35.4 Å². The summed E-state index contributed by atoms with van der Waals surface area (Å²) in [5.41, 5.74) is 4.25. The number of ether oxygens (including phenoxy) is 1. The van der Waals surface area contributed by atoms with Gasteiger partial charge in [-0.25, -0.2) is 4.98 Å². The number of fused-ring (bicyclic) bond motifs is 1. The molecule has 0 saturated carbocycles. The molecule has 8 heteroatoms. The van der Waals surface area contributed by atoms with Gasteiger partial charge in [0.15, 0.2) is 5.82 Å². The van der Waals surface area contributed by atoms with Gasteiger partial charge in [-0.05, 0) is 35.9 Å². The molecule has 2 aromatic carbocycles. The van der Waals surface area contributed by atoms with E-state index in [2.05, 4.69) is 15.2 Å². The maximum Gasteiger partial charge on any atom is 0.274 e. The van der Waals surface area contributed by atoms with Crippen LogP contribution in [0.4, 0.5) is 5.69 Å². The van der Waals surface area contributed by atoms with Gasteiger partial charge in [0, 0.05) is 41.6 Å². The predicted molar refractivity (Wildman–Crippen MR) is 115 cm³/mol. The Bertz CT molecular complexity index is 1220. The maximum atomic E-state index is 13.2. The molecule has 1 amide bonds. The molecule has 5 rings (SSSR count). The Hall–Kier alpha value is -3.58. The highest BCUT2D eigenvalue weighted by Gasteiger charge is 2.27. The molecule has 30 heavy (non-hydrogen) atoms. The van der Waals surface area contributed by atoms with Gasteiger partial charge in [-0.15, -0.1) is 0 Å². The van der Waals surface area contributed by atoms with E-state index in [-0.39, 0.29) is 5.91 Å². The number of hydrogen-bond donors (Lipinski definition) is 1. The fourth-order valence-electron chi connectivity index (χ4n) is 3.75. The van der Waals surface area contributed by atoms with Crippen molar-refractivity contribution in [2.24, 2.45) is 0 Å². The number of anilines is 1. The van der Waals surface area contributed by atoms with Crippen LogP contribution in [0.15, 0.2) is 61.1 Å². The fraction of sp³-hybridized carbons (Fsp3) is 0.136. The predicted octanol–water partition coefficient (Wildman–Crippen LogP) is 4.26. The smallest absolute Gasteiger partial charge is 0.274 e. The number of benzene rings is 2. The number of aromatic amines is 1. The molecule has 2 aromatic heterocycles. The normalized spacial score (nSPS) is 13.4. The summed E-state index contributed by atoms with van der Waals surface area (Å²) in [7, 11) is 1.60. The highest BCUT2D eigenvalue weighted by atomic mass is 35.5. The van der Waals surface area contributed by atoms with E-state index in [1.807, 2.05) is 59.3 Å². The molecule has 4 aromatic rings. The summed E-state index contributed by atoms with van der Waals surface area (Å²) in [4.78, 5) is 19.2. The highest BCUT2D eigenvalue weighted by Crippen LogP contribution is 2.34. The van der Waals surface area contributed by atoms with E-state index in [9.17, 15) is 4.79 Å². The Kier molecular flexibility index (Phi) is 4.52. The van der Waals surface area contributed by atoms with Gasteiger partial charge in [0.05, 0.1) is 12.7 Å². The molecule has 0 atom stereocenters. The number of aromatic nitrogens is 4. The van der Waals surface area contributed by atoms with Crippen LogP contribution in [0, 0.1) is 0 Å². The van der Waals surface area contributed by atoms with Crippen molar-refractivity contribution < 1.29 is 9.53 Å². The first-order valence-corrected chi connectivity index (χ1v) is 9.83. The monoisotopic (exact) mass is 419 g/mol. The molecule has 0 fully saturated rings. The lowest BCUT2D eigenvalue weighted by molar-refractivity contribution is 0.0965. The number of nitrogens with zero attached hydrogens (tertiary/aromatic N) is 4. The lowest BCUT2D eigenvalue weighted by atomic mass is 10.1. The summed E-state index contributed by atoms with van der Waals surface area (Å²) < 4.78 is 7.54. The summed E-state index contributed by atoms with van der Waals surface area (Å²) in [6, 6.07) is 15.2. The highest BCUT2D eigenvalue weighted by molar-refractivity contribution is 6.30. The lowest BCUT2D eigenvalue weighted by Gasteiger charge is -2.28. The summed E-state index contributed by atoms with van der Waals surface area (Å²) in [5.74, 6) is 1.20. The van der Waals surface area contributed by atoms with Crippen molar-refractivity contribution in [1.82, 2.24) is 19.7 Å². The molecule has 150 valence electrons. The van der Waals surface area contributed by atoms with Gasteiger partial charge in [-0.2, -0.15) is 5.10 Å². The van der Waals surface area contributed by atoms with Crippen molar-refractivity contribution in [2.45, 2.75) is 6.54 Å². The minimum atomic E-state index is -0.0454. The van der Waals surface area contributed by atoms with Gasteiger partial charge < -0.3 is 14.2 Å². The van der Waals surface area contributed by atoms with Crippen LogP contribution in [0.1, 0.15) is 10.5 Å². The molecule has 7 nitrogen and oxygen atoms in total. The van der Waals surface area contributed by atoms with Gasteiger partial charge >= 0.3 is 0 Å². The molecule has 1 N–H and O–H groups in total. The van der Waals surface area contributed by atoms with E-state index in [1.165, 1.54) is 6.33 Å². The van der Waals surface area contributed by atoms with Gasteiger partial charge in [0.2, 0.25) is 0 Å². The van der Waals surface area contributed by atoms with Crippen LogP contribution in [-0.2, 0) is 6.54 Å². The van der Waals surface area contributed by atoms with Crippen molar-refractivity contribution in [3.8, 4) is 28.3 Å². The van der Waals surface area contributed by atoms with Crippen molar-refractivity contribution in [2.75, 3.05) is 18.6 Å². The topological polar surface area (TPSA) is 76.0 Å². The first-order valence-electron chi connectivity index (χ1n) is 9.46. The summed E-state index contributed by atoms with van der Waals surface area (Å²) in [6.45, 7) is 1.28. The van der Waals surface area contributed by atoms with Crippen LogP contribution >= 0.6 is 11.6 Å². The standard InChI is InChI=1S/C22H18ClN5O2/c1-30-20-11-17(6-7-18(20)21-24-13-25-26-21)28-9-8-27-12-15(10-19(27)22(28)29)14-2-4-16(23)5-3-14/h2-7,10-13H,8-9H2,1H3,(H,24,25,26). The number of rotatable bonds is 4. The van der Waals surface area contributed by atoms with Crippen LogP contribution in [0.3, 0.4) is 0 Å².